The molecular formula is C17H19NO3S. The van der Waals surface area contributed by atoms with Crippen LogP contribution >= 0.6 is 11.3 Å². The van der Waals surface area contributed by atoms with Crippen molar-refractivity contribution in [3.63, 3.8) is 0 Å². The van der Waals surface area contributed by atoms with Gasteiger partial charge in [-0.2, -0.15) is 0 Å². The highest BCUT2D eigenvalue weighted by atomic mass is 32.1. The Morgan fingerprint density at radius 1 is 1.36 bits per heavy atom. The number of alkyl carbamates (subject to hydrolysis) is 1. The van der Waals surface area contributed by atoms with Crippen LogP contribution in [0.4, 0.5) is 4.79 Å². The molecule has 0 fully saturated rings. The van der Waals surface area contributed by atoms with E-state index in [9.17, 15) is 9.90 Å². The summed E-state index contributed by atoms with van der Waals surface area (Å²) in [4.78, 5) is 14.2. The fourth-order valence-corrected chi connectivity index (χ4v) is 3.79. The summed E-state index contributed by atoms with van der Waals surface area (Å²) >= 11 is 1.67. The number of aliphatic hydroxyl groups is 1. The lowest BCUT2D eigenvalue weighted by Gasteiger charge is -2.22. The molecule has 2 N–H and O–H groups in total. The predicted octanol–water partition coefficient (Wildman–Crippen LogP) is 3.02. The van der Waals surface area contributed by atoms with Crippen LogP contribution in [0.15, 0.2) is 36.4 Å². The molecule has 0 radical (unpaired) electrons. The standard InChI is InChI=1S/C17H19NO3S/c19-10-15-9-13-8-14(6-7-16(13)22-15)18-17(20)21-11-12-4-2-1-3-5-12/h1-5,9,14,19H,6-8,10-11H2,(H,18,20). The molecule has 0 spiro atoms. The molecule has 1 aliphatic carbocycles. The number of hydrogen-bond acceptors (Lipinski definition) is 4. The van der Waals surface area contributed by atoms with E-state index < -0.39 is 0 Å². The third kappa shape index (κ3) is 3.67. The molecular weight excluding hydrogens is 298 g/mol. The zero-order valence-electron chi connectivity index (χ0n) is 12.2. The number of fused-ring (bicyclic) bond motifs is 1. The highest BCUT2D eigenvalue weighted by Gasteiger charge is 2.22. The first-order chi connectivity index (χ1) is 10.7. The predicted molar refractivity (Wildman–Crippen MR) is 85.8 cm³/mol. The second-order valence-electron chi connectivity index (χ2n) is 5.47. The summed E-state index contributed by atoms with van der Waals surface area (Å²) < 4.78 is 5.26. The molecule has 0 aliphatic heterocycles. The van der Waals surface area contributed by atoms with Gasteiger partial charge in [-0.3, -0.25) is 0 Å². The Hall–Kier alpha value is -1.85. The van der Waals surface area contributed by atoms with Gasteiger partial charge in [-0.1, -0.05) is 30.3 Å². The first kappa shape index (κ1) is 15.1. The summed E-state index contributed by atoms with van der Waals surface area (Å²) in [6, 6.07) is 11.8. The molecule has 5 heteroatoms. The largest absolute Gasteiger partial charge is 0.445 e. The molecule has 1 atom stereocenters. The number of carbonyl (C=O) groups is 1. The third-order valence-corrected chi connectivity index (χ3v) is 5.05. The zero-order chi connectivity index (χ0) is 15.4. The minimum atomic E-state index is -0.366. The average molecular weight is 317 g/mol. The smallest absolute Gasteiger partial charge is 0.407 e. The Balaban J connectivity index is 1.50. The van der Waals surface area contributed by atoms with Crippen molar-refractivity contribution in [1.29, 1.82) is 0 Å². The van der Waals surface area contributed by atoms with Crippen LogP contribution in [0, 0.1) is 0 Å². The number of ether oxygens (including phenoxy) is 1. The molecule has 116 valence electrons. The molecule has 1 amide bonds. The molecule has 0 saturated carbocycles. The van der Waals surface area contributed by atoms with E-state index in [-0.39, 0.29) is 25.3 Å². The van der Waals surface area contributed by atoms with E-state index in [0.29, 0.717) is 0 Å². The minimum absolute atomic E-state index is 0.0921. The third-order valence-electron chi connectivity index (χ3n) is 3.82. The summed E-state index contributed by atoms with van der Waals surface area (Å²) in [5, 5.41) is 12.1. The molecule has 1 heterocycles. The van der Waals surface area contributed by atoms with E-state index in [4.69, 9.17) is 4.74 Å². The number of thiophene rings is 1. The van der Waals surface area contributed by atoms with E-state index >= 15 is 0 Å². The van der Waals surface area contributed by atoms with Gasteiger partial charge in [-0.15, -0.1) is 11.3 Å². The topological polar surface area (TPSA) is 58.6 Å². The number of aryl methyl sites for hydroxylation is 1. The lowest BCUT2D eigenvalue weighted by atomic mass is 9.94. The van der Waals surface area contributed by atoms with Gasteiger partial charge in [0.05, 0.1) is 6.61 Å². The number of rotatable bonds is 4. The summed E-state index contributed by atoms with van der Waals surface area (Å²) in [6.45, 7) is 0.382. The van der Waals surface area contributed by atoms with E-state index in [2.05, 4.69) is 5.32 Å². The number of amides is 1. The number of benzene rings is 1. The van der Waals surface area contributed by atoms with Gasteiger partial charge >= 0.3 is 6.09 Å². The van der Waals surface area contributed by atoms with E-state index in [1.165, 1.54) is 10.4 Å². The van der Waals surface area contributed by atoms with Crippen molar-refractivity contribution >= 4 is 17.4 Å². The normalized spacial score (nSPS) is 16.9. The van der Waals surface area contributed by atoms with Gasteiger partial charge < -0.3 is 15.2 Å². The maximum atomic E-state index is 11.9. The van der Waals surface area contributed by atoms with Gasteiger partial charge in [0, 0.05) is 15.8 Å². The molecule has 2 aromatic rings. The molecule has 0 bridgehead atoms. The summed E-state index contributed by atoms with van der Waals surface area (Å²) in [5.41, 5.74) is 2.22. The maximum absolute atomic E-state index is 11.9. The number of hydrogen-bond donors (Lipinski definition) is 2. The average Bonchev–Trinajstić information content (AvgIpc) is 2.96. The highest BCUT2D eigenvalue weighted by molar-refractivity contribution is 7.12. The van der Waals surface area contributed by atoms with Gasteiger partial charge in [0.1, 0.15) is 6.61 Å². The maximum Gasteiger partial charge on any atom is 0.407 e. The van der Waals surface area contributed by atoms with E-state index in [1.54, 1.807) is 11.3 Å². The second-order valence-corrected chi connectivity index (χ2v) is 6.69. The van der Waals surface area contributed by atoms with Crippen LogP contribution in [-0.4, -0.2) is 17.2 Å². The van der Waals surface area contributed by atoms with Crippen LogP contribution in [-0.2, 0) is 30.8 Å². The number of aliphatic hydroxyl groups excluding tert-OH is 1. The summed E-state index contributed by atoms with van der Waals surface area (Å²) in [6.07, 6.45) is 2.31. The number of carbonyl (C=O) groups excluding carboxylic acids is 1. The van der Waals surface area contributed by atoms with Crippen molar-refractivity contribution in [2.24, 2.45) is 0 Å². The molecule has 1 unspecified atom stereocenters. The Labute approximate surface area is 133 Å². The quantitative estimate of drug-likeness (QED) is 0.911. The Morgan fingerprint density at radius 3 is 2.95 bits per heavy atom. The van der Waals surface area contributed by atoms with Crippen LogP contribution in [0.1, 0.15) is 27.3 Å². The van der Waals surface area contributed by atoms with Crippen LogP contribution in [0.2, 0.25) is 0 Å². The van der Waals surface area contributed by atoms with Gasteiger partial charge in [0.25, 0.3) is 0 Å². The van der Waals surface area contributed by atoms with Gasteiger partial charge in [-0.05, 0) is 36.5 Å². The molecule has 3 rings (SSSR count). The van der Waals surface area contributed by atoms with Crippen molar-refractivity contribution in [1.82, 2.24) is 5.32 Å². The van der Waals surface area contributed by atoms with E-state index in [1.807, 2.05) is 36.4 Å². The van der Waals surface area contributed by atoms with Crippen molar-refractivity contribution in [2.75, 3.05) is 0 Å². The first-order valence-corrected chi connectivity index (χ1v) is 8.25. The second kappa shape index (κ2) is 6.94. The fraction of sp³-hybridized carbons (Fsp3) is 0.353. The fourth-order valence-electron chi connectivity index (χ4n) is 2.72. The molecule has 0 saturated heterocycles. The molecule has 4 nitrogen and oxygen atoms in total. The number of nitrogens with one attached hydrogen (secondary N) is 1. The van der Waals surface area contributed by atoms with Crippen LogP contribution in [0.3, 0.4) is 0 Å². The van der Waals surface area contributed by atoms with Crippen molar-refractivity contribution in [2.45, 2.75) is 38.5 Å². The van der Waals surface area contributed by atoms with Crippen molar-refractivity contribution in [3.8, 4) is 0 Å². The van der Waals surface area contributed by atoms with Crippen molar-refractivity contribution < 1.29 is 14.6 Å². The zero-order valence-corrected chi connectivity index (χ0v) is 13.1. The van der Waals surface area contributed by atoms with Crippen LogP contribution in [0.25, 0.3) is 0 Å². The molecule has 22 heavy (non-hydrogen) atoms. The summed E-state index contributed by atoms with van der Waals surface area (Å²) in [7, 11) is 0. The van der Waals surface area contributed by atoms with Crippen LogP contribution in [0.5, 0.6) is 0 Å². The first-order valence-electron chi connectivity index (χ1n) is 7.43. The van der Waals surface area contributed by atoms with Gasteiger partial charge in [0.2, 0.25) is 0 Å². The van der Waals surface area contributed by atoms with Gasteiger partial charge in [-0.25, -0.2) is 4.79 Å². The lowest BCUT2D eigenvalue weighted by molar-refractivity contribution is 0.134. The summed E-state index contributed by atoms with van der Waals surface area (Å²) in [5.74, 6) is 0. The Kier molecular flexibility index (Phi) is 4.75. The van der Waals surface area contributed by atoms with Gasteiger partial charge in [0.15, 0.2) is 0 Å². The SMILES string of the molecule is O=C(NC1CCc2sc(CO)cc2C1)OCc1ccccc1. The minimum Gasteiger partial charge on any atom is -0.445 e. The van der Waals surface area contributed by atoms with E-state index in [0.717, 1.165) is 29.7 Å². The lowest BCUT2D eigenvalue weighted by Crippen LogP contribution is -2.38. The Bertz CT molecular complexity index is 639. The highest BCUT2D eigenvalue weighted by Crippen LogP contribution is 2.29. The van der Waals surface area contributed by atoms with Crippen molar-refractivity contribution in [3.05, 3.63) is 57.3 Å². The molecule has 1 aliphatic rings. The molecule has 1 aromatic carbocycles. The Morgan fingerprint density at radius 2 is 2.18 bits per heavy atom. The molecule has 1 aromatic heterocycles. The monoisotopic (exact) mass is 317 g/mol. The van der Waals surface area contributed by atoms with Crippen LogP contribution < -0.4 is 5.32 Å².